The number of carbonyl (C=O) groups is 1. The summed E-state index contributed by atoms with van der Waals surface area (Å²) in [6.45, 7) is 2.76. The molecule has 1 heterocycles. The van der Waals surface area contributed by atoms with Crippen LogP contribution in [0.3, 0.4) is 0 Å². The van der Waals surface area contributed by atoms with Crippen LogP contribution < -0.4 is 15.4 Å². The lowest BCUT2D eigenvalue weighted by Gasteiger charge is -2.30. The molecule has 0 aromatic heterocycles. The first-order valence-electron chi connectivity index (χ1n) is 7.91. The third-order valence-corrected chi connectivity index (χ3v) is 4.37. The van der Waals surface area contributed by atoms with Crippen molar-refractivity contribution in [1.82, 2.24) is 0 Å². The van der Waals surface area contributed by atoms with Crippen molar-refractivity contribution in [3.8, 4) is 5.75 Å². The van der Waals surface area contributed by atoms with E-state index in [0.29, 0.717) is 6.42 Å². The fourth-order valence-corrected chi connectivity index (χ4v) is 3.21. The van der Waals surface area contributed by atoms with Crippen LogP contribution in [0.1, 0.15) is 23.1 Å². The average molecular weight is 310 g/mol. The molecule has 0 radical (unpaired) electrons. The summed E-state index contributed by atoms with van der Waals surface area (Å²) in [7, 11) is 1.63. The Morgan fingerprint density at radius 1 is 1.30 bits per heavy atom. The van der Waals surface area contributed by atoms with Gasteiger partial charge >= 0.3 is 0 Å². The van der Waals surface area contributed by atoms with Gasteiger partial charge in [-0.1, -0.05) is 23.8 Å². The van der Waals surface area contributed by atoms with Gasteiger partial charge in [0.05, 0.1) is 13.5 Å². The Kier molecular flexibility index (Phi) is 4.24. The van der Waals surface area contributed by atoms with Crippen LogP contribution in [0.2, 0.25) is 0 Å². The normalized spacial score (nSPS) is 13.6. The molecule has 1 aliphatic heterocycles. The molecule has 0 saturated carbocycles. The van der Waals surface area contributed by atoms with Crippen LogP contribution in [0.5, 0.6) is 5.75 Å². The van der Waals surface area contributed by atoms with E-state index in [4.69, 9.17) is 10.5 Å². The maximum atomic E-state index is 12.9. The first kappa shape index (κ1) is 15.4. The van der Waals surface area contributed by atoms with Gasteiger partial charge in [0.15, 0.2) is 0 Å². The molecule has 0 fully saturated rings. The van der Waals surface area contributed by atoms with Crippen molar-refractivity contribution in [1.29, 1.82) is 0 Å². The number of nitrogens with two attached hydrogens (primary N) is 1. The lowest BCUT2D eigenvalue weighted by Crippen LogP contribution is -2.36. The van der Waals surface area contributed by atoms with Gasteiger partial charge in [-0.3, -0.25) is 4.79 Å². The van der Waals surface area contributed by atoms with Gasteiger partial charge in [-0.25, -0.2) is 0 Å². The highest BCUT2D eigenvalue weighted by Crippen LogP contribution is 2.32. The van der Waals surface area contributed by atoms with Crippen LogP contribution in [-0.2, 0) is 17.6 Å². The molecule has 0 bridgehead atoms. The maximum absolute atomic E-state index is 12.9. The van der Waals surface area contributed by atoms with Crippen LogP contribution in [0.25, 0.3) is 0 Å². The highest BCUT2D eigenvalue weighted by molar-refractivity contribution is 5.97. The van der Waals surface area contributed by atoms with Crippen molar-refractivity contribution < 1.29 is 9.53 Å². The molecular formula is C19H22N2O2. The molecule has 4 heteroatoms. The van der Waals surface area contributed by atoms with Crippen molar-refractivity contribution in [3.63, 3.8) is 0 Å². The molecule has 0 atom stereocenters. The van der Waals surface area contributed by atoms with Crippen LogP contribution in [0, 0.1) is 6.92 Å². The fraction of sp³-hybridized carbons (Fsp3) is 0.316. The van der Waals surface area contributed by atoms with E-state index in [-0.39, 0.29) is 5.91 Å². The average Bonchev–Trinajstić information content (AvgIpc) is 2.55. The van der Waals surface area contributed by atoms with Crippen LogP contribution >= 0.6 is 0 Å². The zero-order valence-electron chi connectivity index (χ0n) is 13.6. The molecule has 0 unspecified atom stereocenters. The molecular weight excluding hydrogens is 288 g/mol. The minimum Gasteiger partial charge on any atom is -0.496 e. The van der Waals surface area contributed by atoms with E-state index < -0.39 is 0 Å². The van der Waals surface area contributed by atoms with Crippen LogP contribution in [0.4, 0.5) is 11.4 Å². The predicted molar refractivity (Wildman–Crippen MR) is 93.0 cm³/mol. The van der Waals surface area contributed by atoms with Gasteiger partial charge in [0.1, 0.15) is 5.75 Å². The number of benzene rings is 2. The zero-order chi connectivity index (χ0) is 16.4. The number of hydrogen-bond acceptors (Lipinski definition) is 3. The summed E-state index contributed by atoms with van der Waals surface area (Å²) < 4.78 is 5.39. The number of rotatable bonds is 3. The molecule has 0 saturated heterocycles. The summed E-state index contributed by atoms with van der Waals surface area (Å²) in [5, 5.41) is 0. The Morgan fingerprint density at radius 3 is 2.91 bits per heavy atom. The summed E-state index contributed by atoms with van der Waals surface area (Å²) in [5.41, 5.74) is 10.9. The van der Waals surface area contributed by atoms with Gasteiger partial charge in [-0.15, -0.1) is 0 Å². The smallest absolute Gasteiger partial charge is 0.231 e. The van der Waals surface area contributed by atoms with Crippen molar-refractivity contribution in [3.05, 3.63) is 53.1 Å². The van der Waals surface area contributed by atoms with E-state index in [1.165, 1.54) is 0 Å². The molecule has 3 rings (SSSR count). The Bertz CT molecular complexity index is 740. The van der Waals surface area contributed by atoms with Crippen molar-refractivity contribution in [2.24, 2.45) is 0 Å². The number of hydrogen-bond donors (Lipinski definition) is 1. The standard InChI is InChI=1S/C19H22N2O2/c1-13-8-9-18(23-2)14(11-13)12-19(22)21-10-4-5-15-16(20)6-3-7-17(15)21/h3,6-9,11H,4-5,10,12,20H2,1-2H3. The second kappa shape index (κ2) is 6.32. The quantitative estimate of drug-likeness (QED) is 0.886. The summed E-state index contributed by atoms with van der Waals surface area (Å²) in [6, 6.07) is 11.7. The highest BCUT2D eigenvalue weighted by atomic mass is 16.5. The number of aryl methyl sites for hydroxylation is 1. The number of anilines is 2. The number of amides is 1. The summed E-state index contributed by atoms with van der Waals surface area (Å²) in [5.74, 6) is 0.842. The molecule has 1 aliphatic rings. The number of ether oxygens (including phenoxy) is 1. The van der Waals surface area contributed by atoms with E-state index in [0.717, 1.165) is 53.2 Å². The third-order valence-electron chi connectivity index (χ3n) is 4.37. The summed E-state index contributed by atoms with van der Waals surface area (Å²) in [4.78, 5) is 14.7. The lowest BCUT2D eigenvalue weighted by atomic mass is 9.98. The van der Waals surface area contributed by atoms with E-state index >= 15 is 0 Å². The molecule has 120 valence electrons. The molecule has 1 amide bonds. The van der Waals surface area contributed by atoms with Crippen molar-refractivity contribution in [2.75, 3.05) is 24.3 Å². The number of fused-ring (bicyclic) bond motifs is 1. The monoisotopic (exact) mass is 310 g/mol. The Hall–Kier alpha value is -2.49. The van der Waals surface area contributed by atoms with E-state index in [9.17, 15) is 4.79 Å². The number of methoxy groups -OCH3 is 1. The molecule has 2 N–H and O–H groups in total. The molecule has 2 aromatic rings. The zero-order valence-corrected chi connectivity index (χ0v) is 13.6. The molecule has 2 aromatic carbocycles. The minimum absolute atomic E-state index is 0.0838. The van der Waals surface area contributed by atoms with Gasteiger partial charge < -0.3 is 15.4 Å². The first-order chi connectivity index (χ1) is 11.1. The Labute approximate surface area is 136 Å². The maximum Gasteiger partial charge on any atom is 0.231 e. The molecule has 23 heavy (non-hydrogen) atoms. The number of nitrogen functional groups attached to an aromatic ring is 1. The molecule has 0 aliphatic carbocycles. The van der Waals surface area contributed by atoms with E-state index in [2.05, 4.69) is 0 Å². The Balaban J connectivity index is 1.89. The first-order valence-corrected chi connectivity index (χ1v) is 7.91. The fourth-order valence-electron chi connectivity index (χ4n) is 3.21. The van der Waals surface area contributed by atoms with E-state index in [1.54, 1.807) is 7.11 Å². The van der Waals surface area contributed by atoms with E-state index in [1.807, 2.05) is 48.2 Å². The minimum atomic E-state index is 0.0838. The van der Waals surface area contributed by atoms with Gasteiger partial charge in [-0.05, 0) is 43.5 Å². The lowest BCUT2D eigenvalue weighted by molar-refractivity contribution is -0.118. The molecule has 4 nitrogen and oxygen atoms in total. The van der Waals surface area contributed by atoms with Crippen molar-refractivity contribution in [2.45, 2.75) is 26.2 Å². The topological polar surface area (TPSA) is 55.6 Å². The Morgan fingerprint density at radius 2 is 2.13 bits per heavy atom. The van der Waals surface area contributed by atoms with Crippen molar-refractivity contribution >= 4 is 17.3 Å². The van der Waals surface area contributed by atoms with Gasteiger partial charge in [0.25, 0.3) is 0 Å². The predicted octanol–water partition coefficient (Wildman–Crippen LogP) is 3.11. The number of carbonyl (C=O) groups excluding carboxylic acids is 1. The largest absolute Gasteiger partial charge is 0.496 e. The summed E-state index contributed by atoms with van der Waals surface area (Å²) >= 11 is 0. The third kappa shape index (κ3) is 3.02. The van der Waals surface area contributed by atoms with Crippen LogP contribution in [0.15, 0.2) is 36.4 Å². The summed E-state index contributed by atoms with van der Waals surface area (Å²) in [6.07, 6.45) is 2.20. The van der Waals surface area contributed by atoms with Gasteiger partial charge in [0, 0.05) is 23.5 Å². The SMILES string of the molecule is COc1ccc(C)cc1CC(=O)N1CCCc2c(N)cccc21. The second-order valence-electron chi connectivity index (χ2n) is 5.99. The molecule has 0 spiro atoms. The van der Waals surface area contributed by atoms with Crippen LogP contribution in [-0.4, -0.2) is 19.6 Å². The number of nitrogens with zero attached hydrogens (tertiary/aromatic N) is 1. The second-order valence-corrected chi connectivity index (χ2v) is 5.99. The van der Waals surface area contributed by atoms with Gasteiger partial charge in [0.2, 0.25) is 5.91 Å². The highest BCUT2D eigenvalue weighted by Gasteiger charge is 2.24. The van der Waals surface area contributed by atoms with Gasteiger partial charge in [-0.2, -0.15) is 0 Å².